The van der Waals surface area contributed by atoms with Gasteiger partial charge in [0, 0.05) is 7.11 Å². The van der Waals surface area contributed by atoms with Crippen LogP contribution in [-0.4, -0.2) is 63.2 Å². The summed E-state index contributed by atoms with van der Waals surface area (Å²) >= 11 is 0. The SMILES string of the molecule is CO[C@H]1C([C@H](O)Cn2cnc([N+](=O)[O-])c2)O[C@@H]2OC(C)(C)O[C@@H]21. The minimum absolute atomic E-state index is 0.0776. The Morgan fingerprint density at radius 3 is 2.91 bits per heavy atom. The van der Waals surface area contributed by atoms with Gasteiger partial charge in [-0.25, -0.2) is 0 Å². The third-order valence-electron chi connectivity index (χ3n) is 3.88. The number of hydrogen-bond donors (Lipinski definition) is 1. The summed E-state index contributed by atoms with van der Waals surface area (Å²) in [6.45, 7) is 3.63. The number of nitrogens with zero attached hydrogens (tertiary/aromatic N) is 3. The first-order chi connectivity index (χ1) is 10.8. The smallest absolute Gasteiger partial charge is 0.381 e. The van der Waals surface area contributed by atoms with Crippen LogP contribution in [0.2, 0.25) is 0 Å². The molecule has 0 radical (unpaired) electrons. The molecule has 0 aromatic carbocycles. The number of aromatic nitrogens is 2. The van der Waals surface area contributed by atoms with Crippen LogP contribution in [-0.2, 0) is 25.5 Å². The van der Waals surface area contributed by atoms with E-state index in [-0.39, 0.29) is 12.4 Å². The Bertz CT molecular complexity index is 590. The second-order valence-electron chi connectivity index (χ2n) is 6.02. The Hall–Kier alpha value is -1.59. The van der Waals surface area contributed by atoms with Crippen molar-refractivity contribution in [1.82, 2.24) is 9.55 Å². The molecule has 0 aliphatic carbocycles. The molecule has 23 heavy (non-hydrogen) atoms. The van der Waals surface area contributed by atoms with Crippen molar-refractivity contribution in [3.05, 3.63) is 22.6 Å². The van der Waals surface area contributed by atoms with Gasteiger partial charge in [-0.3, -0.25) is 0 Å². The predicted molar refractivity (Wildman–Crippen MR) is 74.4 cm³/mol. The summed E-state index contributed by atoms with van der Waals surface area (Å²) in [6, 6.07) is 0. The fourth-order valence-corrected chi connectivity index (χ4v) is 2.94. The summed E-state index contributed by atoms with van der Waals surface area (Å²) < 4.78 is 23.9. The van der Waals surface area contributed by atoms with Gasteiger partial charge in [0.1, 0.15) is 30.6 Å². The molecule has 2 fully saturated rings. The normalized spacial score (nSPS) is 33.6. The molecular weight excluding hydrogens is 310 g/mol. The average molecular weight is 329 g/mol. The van der Waals surface area contributed by atoms with Crippen molar-refractivity contribution >= 4 is 5.82 Å². The summed E-state index contributed by atoms with van der Waals surface area (Å²) in [5, 5.41) is 21.0. The van der Waals surface area contributed by atoms with Crippen molar-refractivity contribution < 1.29 is 29.0 Å². The van der Waals surface area contributed by atoms with Crippen LogP contribution < -0.4 is 0 Å². The average Bonchev–Trinajstić information content (AvgIpc) is 3.10. The van der Waals surface area contributed by atoms with Crippen LogP contribution in [0.3, 0.4) is 0 Å². The zero-order valence-corrected chi connectivity index (χ0v) is 13.0. The lowest BCUT2D eigenvalue weighted by Gasteiger charge is -2.27. The molecule has 1 aromatic heterocycles. The van der Waals surface area contributed by atoms with Gasteiger partial charge in [0.25, 0.3) is 0 Å². The minimum Gasteiger partial charge on any atom is -0.388 e. The molecule has 3 heterocycles. The van der Waals surface area contributed by atoms with E-state index in [0.717, 1.165) is 0 Å². The van der Waals surface area contributed by atoms with E-state index in [1.807, 2.05) is 0 Å². The lowest BCUT2D eigenvalue weighted by Crippen LogP contribution is -2.43. The van der Waals surface area contributed by atoms with E-state index >= 15 is 0 Å². The molecule has 0 amide bonds. The van der Waals surface area contributed by atoms with Crippen molar-refractivity contribution in [2.45, 2.75) is 56.9 Å². The zero-order chi connectivity index (χ0) is 16.8. The van der Waals surface area contributed by atoms with E-state index in [2.05, 4.69) is 4.98 Å². The highest BCUT2D eigenvalue weighted by Gasteiger charge is 2.56. The highest BCUT2D eigenvalue weighted by Crippen LogP contribution is 2.39. The van der Waals surface area contributed by atoms with Gasteiger partial charge in [-0.1, -0.05) is 0 Å². The molecule has 1 unspecified atom stereocenters. The van der Waals surface area contributed by atoms with Crippen molar-refractivity contribution in [2.24, 2.45) is 0 Å². The van der Waals surface area contributed by atoms with Crippen molar-refractivity contribution in [1.29, 1.82) is 0 Å². The molecule has 0 bridgehead atoms. The van der Waals surface area contributed by atoms with Crippen molar-refractivity contribution in [3.8, 4) is 0 Å². The van der Waals surface area contributed by atoms with E-state index in [1.54, 1.807) is 13.8 Å². The Morgan fingerprint density at radius 2 is 2.30 bits per heavy atom. The number of hydrogen-bond acceptors (Lipinski definition) is 8. The van der Waals surface area contributed by atoms with Gasteiger partial charge in [-0.05, 0) is 23.8 Å². The molecule has 2 saturated heterocycles. The standard InChI is InChI=1S/C13H19N3O7/c1-13(2)22-11-10(20-3)9(21-12(11)23-13)7(17)4-15-5-8(14-6-15)16(18)19/h5-7,9-12,17H,4H2,1-3H3/t7-,9?,10+,11-,12-/m1/s1. The van der Waals surface area contributed by atoms with Crippen LogP contribution in [0.1, 0.15) is 13.8 Å². The Morgan fingerprint density at radius 1 is 1.57 bits per heavy atom. The first-order valence-electron chi connectivity index (χ1n) is 7.19. The highest BCUT2D eigenvalue weighted by molar-refractivity contribution is 5.12. The molecule has 1 N–H and O–H groups in total. The third kappa shape index (κ3) is 3.08. The minimum atomic E-state index is -0.963. The second kappa shape index (κ2) is 5.80. The Labute approximate surface area is 132 Å². The van der Waals surface area contributed by atoms with Gasteiger partial charge in [0.05, 0.1) is 6.54 Å². The number of nitro groups is 1. The number of aliphatic hydroxyl groups excluding tert-OH is 1. The van der Waals surface area contributed by atoms with Crippen molar-refractivity contribution in [3.63, 3.8) is 0 Å². The van der Waals surface area contributed by atoms with Gasteiger partial charge >= 0.3 is 5.82 Å². The fourth-order valence-electron chi connectivity index (χ4n) is 2.94. The first kappa shape index (κ1) is 16.3. The van der Waals surface area contributed by atoms with E-state index in [1.165, 1.54) is 24.2 Å². The van der Waals surface area contributed by atoms with Gasteiger partial charge in [-0.2, -0.15) is 0 Å². The zero-order valence-electron chi connectivity index (χ0n) is 13.0. The van der Waals surface area contributed by atoms with Crippen LogP contribution in [0.25, 0.3) is 0 Å². The molecule has 3 rings (SSSR count). The van der Waals surface area contributed by atoms with E-state index < -0.39 is 41.4 Å². The lowest BCUT2D eigenvalue weighted by molar-refractivity contribution is -0.389. The van der Waals surface area contributed by atoms with Crippen molar-refractivity contribution in [2.75, 3.05) is 7.11 Å². The van der Waals surface area contributed by atoms with Crippen LogP contribution >= 0.6 is 0 Å². The monoisotopic (exact) mass is 329 g/mol. The maximum atomic E-state index is 10.6. The molecule has 10 nitrogen and oxygen atoms in total. The predicted octanol–water partition coefficient (Wildman–Crippen LogP) is 0.0436. The molecule has 128 valence electrons. The molecule has 2 aliphatic rings. The molecule has 5 atom stereocenters. The summed E-state index contributed by atoms with van der Waals surface area (Å²) in [6.07, 6.45) is -0.664. The van der Waals surface area contributed by atoms with Crippen LogP contribution in [0.5, 0.6) is 0 Å². The topological polar surface area (TPSA) is 118 Å². The Kier molecular flexibility index (Phi) is 4.10. The molecule has 2 aliphatic heterocycles. The summed E-state index contributed by atoms with van der Waals surface area (Å²) in [5.74, 6) is -1.05. The van der Waals surface area contributed by atoms with Gasteiger partial charge in [-0.15, -0.1) is 0 Å². The highest BCUT2D eigenvalue weighted by atomic mass is 16.8. The molecule has 1 aromatic rings. The first-order valence-corrected chi connectivity index (χ1v) is 7.19. The number of ether oxygens (including phenoxy) is 4. The number of aliphatic hydroxyl groups is 1. The maximum absolute atomic E-state index is 10.6. The maximum Gasteiger partial charge on any atom is 0.381 e. The van der Waals surface area contributed by atoms with Gasteiger partial charge in [0.2, 0.25) is 6.33 Å². The van der Waals surface area contributed by atoms with Crippen LogP contribution in [0, 0.1) is 10.1 Å². The van der Waals surface area contributed by atoms with Gasteiger partial charge in [0.15, 0.2) is 12.1 Å². The number of rotatable bonds is 5. The molecule has 10 heteroatoms. The fraction of sp³-hybridized carbons (Fsp3) is 0.769. The number of imidazole rings is 1. The van der Waals surface area contributed by atoms with Crippen LogP contribution in [0.4, 0.5) is 5.82 Å². The third-order valence-corrected chi connectivity index (χ3v) is 3.88. The largest absolute Gasteiger partial charge is 0.388 e. The molecule has 0 spiro atoms. The lowest BCUT2D eigenvalue weighted by atomic mass is 10.1. The number of fused-ring (bicyclic) bond motifs is 1. The van der Waals surface area contributed by atoms with E-state index in [9.17, 15) is 15.2 Å². The summed E-state index contributed by atoms with van der Waals surface area (Å²) in [5.41, 5.74) is 0. The molecular formula is C13H19N3O7. The van der Waals surface area contributed by atoms with E-state index in [4.69, 9.17) is 18.9 Å². The second-order valence-corrected chi connectivity index (χ2v) is 6.02. The summed E-state index contributed by atoms with van der Waals surface area (Å²) in [7, 11) is 1.51. The van der Waals surface area contributed by atoms with Crippen LogP contribution in [0.15, 0.2) is 12.5 Å². The molecule has 0 saturated carbocycles. The quantitative estimate of drug-likeness (QED) is 0.594. The van der Waals surface area contributed by atoms with E-state index in [0.29, 0.717) is 0 Å². The summed E-state index contributed by atoms with van der Waals surface area (Å²) in [4.78, 5) is 13.7. The number of methoxy groups -OCH3 is 1. The Balaban J connectivity index is 1.67. The van der Waals surface area contributed by atoms with Gasteiger partial charge < -0.3 is 38.7 Å².